The van der Waals surface area contributed by atoms with E-state index < -0.39 is 6.04 Å². The summed E-state index contributed by atoms with van der Waals surface area (Å²) in [6.07, 6.45) is 3.76. The Bertz CT molecular complexity index is 1040. The number of carbonyl (C=O) groups excluding carboxylic acids is 2. The van der Waals surface area contributed by atoms with E-state index in [1.165, 1.54) is 5.56 Å². The second kappa shape index (κ2) is 16.2. The zero-order chi connectivity index (χ0) is 32.5. The SMILES string of the molecule is CN[C@H](CN[C@H](C(=O)N(C)[C@H](C=C(C)C(=O)N1C(COC)CC[C@H]1COC)C(C)C)C(C)(C)C)C(C)(C)c1ccccc1. The van der Waals surface area contributed by atoms with Crippen molar-refractivity contribution in [3.63, 3.8) is 0 Å². The number of nitrogens with one attached hydrogen (secondary N) is 2. The second-order valence-electron chi connectivity index (χ2n) is 14.2. The third kappa shape index (κ3) is 9.37. The molecule has 43 heavy (non-hydrogen) atoms. The van der Waals surface area contributed by atoms with E-state index in [4.69, 9.17) is 9.47 Å². The van der Waals surface area contributed by atoms with Gasteiger partial charge in [-0.3, -0.25) is 9.59 Å². The minimum Gasteiger partial charge on any atom is -0.383 e. The third-order valence-corrected chi connectivity index (χ3v) is 9.18. The summed E-state index contributed by atoms with van der Waals surface area (Å²) in [6.45, 7) is 18.4. The van der Waals surface area contributed by atoms with E-state index in [1.807, 2.05) is 43.0 Å². The van der Waals surface area contributed by atoms with Crippen LogP contribution in [-0.4, -0.2) is 99.9 Å². The molecule has 8 heteroatoms. The zero-order valence-electron chi connectivity index (χ0n) is 29.0. The molecule has 5 atom stereocenters. The van der Waals surface area contributed by atoms with E-state index in [0.29, 0.717) is 25.3 Å². The Morgan fingerprint density at radius 2 is 1.56 bits per heavy atom. The average Bonchev–Trinajstić information content (AvgIpc) is 3.34. The molecule has 1 fully saturated rings. The van der Waals surface area contributed by atoms with Crippen molar-refractivity contribution >= 4 is 11.8 Å². The first-order chi connectivity index (χ1) is 20.1. The topological polar surface area (TPSA) is 83.1 Å². The quantitative estimate of drug-likeness (QED) is 0.286. The predicted octanol–water partition coefficient (Wildman–Crippen LogP) is 4.64. The fourth-order valence-electron chi connectivity index (χ4n) is 6.42. The molecule has 1 heterocycles. The van der Waals surface area contributed by atoms with Crippen molar-refractivity contribution in [2.75, 3.05) is 48.1 Å². The van der Waals surface area contributed by atoms with Gasteiger partial charge in [0.25, 0.3) is 0 Å². The van der Waals surface area contributed by atoms with E-state index >= 15 is 0 Å². The normalized spacial score (nSPS) is 20.3. The number of benzene rings is 1. The maximum atomic E-state index is 14.2. The molecule has 0 saturated carbocycles. The summed E-state index contributed by atoms with van der Waals surface area (Å²) in [4.78, 5) is 31.8. The highest BCUT2D eigenvalue weighted by molar-refractivity contribution is 5.94. The maximum absolute atomic E-state index is 14.2. The number of likely N-dealkylation sites (N-methyl/N-ethyl adjacent to an activating group) is 2. The van der Waals surface area contributed by atoms with Crippen molar-refractivity contribution in [1.29, 1.82) is 0 Å². The van der Waals surface area contributed by atoms with E-state index in [0.717, 1.165) is 12.8 Å². The van der Waals surface area contributed by atoms with Crippen molar-refractivity contribution in [3.8, 4) is 0 Å². The Hall–Kier alpha value is -2.26. The highest BCUT2D eigenvalue weighted by Crippen LogP contribution is 2.30. The summed E-state index contributed by atoms with van der Waals surface area (Å²) in [7, 11) is 7.19. The number of hydrogen-bond acceptors (Lipinski definition) is 6. The highest BCUT2D eigenvalue weighted by atomic mass is 16.5. The van der Waals surface area contributed by atoms with Gasteiger partial charge in [-0.15, -0.1) is 0 Å². The summed E-state index contributed by atoms with van der Waals surface area (Å²) >= 11 is 0. The van der Waals surface area contributed by atoms with Crippen LogP contribution in [0.2, 0.25) is 0 Å². The van der Waals surface area contributed by atoms with Gasteiger partial charge in [-0.2, -0.15) is 0 Å². The molecule has 1 aliphatic heterocycles. The van der Waals surface area contributed by atoms with Crippen molar-refractivity contribution in [3.05, 3.63) is 47.5 Å². The first-order valence-electron chi connectivity index (χ1n) is 15.8. The maximum Gasteiger partial charge on any atom is 0.249 e. The first-order valence-corrected chi connectivity index (χ1v) is 15.8. The summed E-state index contributed by atoms with van der Waals surface area (Å²) in [5.41, 5.74) is 1.41. The van der Waals surface area contributed by atoms with Gasteiger partial charge < -0.3 is 29.9 Å². The molecule has 0 spiro atoms. The molecule has 1 aromatic rings. The molecule has 0 aromatic heterocycles. The molecule has 0 radical (unpaired) electrons. The molecule has 1 aliphatic rings. The summed E-state index contributed by atoms with van der Waals surface area (Å²) < 4.78 is 10.9. The molecule has 1 unspecified atom stereocenters. The lowest BCUT2D eigenvalue weighted by molar-refractivity contribution is -0.137. The number of amides is 2. The van der Waals surface area contributed by atoms with Crippen LogP contribution < -0.4 is 10.6 Å². The number of ether oxygens (including phenoxy) is 2. The number of carbonyl (C=O) groups is 2. The van der Waals surface area contributed by atoms with Gasteiger partial charge in [0.15, 0.2) is 0 Å². The molecule has 0 bridgehead atoms. The number of rotatable bonds is 15. The number of nitrogens with zero attached hydrogens (tertiary/aromatic N) is 2. The van der Waals surface area contributed by atoms with Crippen LogP contribution in [-0.2, 0) is 24.5 Å². The van der Waals surface area contributed by atoms with Gasteiger partial charge in [0.2, 0.25) is 11.8 Å². The lowest BCUT2D eigenvalue weighted by Gasteiger charge is -2.40. The summed E-state index contributed by atoms with van der Waals surface area (Å²) in [6, 6.07) is 9.97. The van der Waals surface area contributed by atoms with Gasteiger partial charge in [-0.05, 0) is 43.7 Å². The van der Waals surface area contributed by atoms with E-state index in [9.17, 15) is 9.59 Å². The van der Waals surface area contributed by atoms with Crippen LogP contribution >= 0.6 is 0 Å². The Balaban J connectivity index is 2.30. The molecule has 2 N–H and O–H groups in total. The van der Waals surface area contributed by atoms with E-state index in [2.05, 4.69) is 83.4 Å². The lowest BCUT2D eigenvalue weighted by Crippen LogP contribution is -2.59. The summed E-state index contributed by atoms with van der Waals surface area (Å²) in [5.74, 6) is 0.117. The number of methoxy groups -OCH3 is 2. The smallest absolute Gasteiger partial charge is 0.249 e. The monoisotopic (exact) mass is 600 g/mol. The standard InChI is InChI=1S/C35H60N4O4/c1-24(2)29(20-25(3)32(40)39-27(22-42-11)18-19-28(39)23-43-12)38(10)33(41)31(34(4,5)6)37-21-30(36-9)35(7,8)26-16-14-13-15-17-26/h13-17,20,24,27-31,36-37H,18-19,21-23H2,1-12H3/t27-,28?,29+,30+,31+/m0/s1. The lowest BCUT2D eigenvalue weighted by atomic mass is 9.77. The minimum atomic E-state index is -0.415. The predicted molar refractivity (Wildman–Crippen MR) is 176 cm³/mol. The van der Waals surface area contributed by atoms with Crippen LogP contribution in [0, 0.1) is 11.3 Å². The van der Waals surface area contributed by atoms with Crippen LogP contribution in [0.1, 0.15) is 73.8 Å². The van der Waals surface area contributed by atoms with Crippen molar-refractivity contribution in [2.45, 2.75) is 104 Å². The van der Waals surface area contributed by atoms with Gasteiger partial charge in [-0.25, -0.2) is 0 Å². The van der Waals surface area contributed by atoms with Crippen LogP contribution in [0.4, 0.5) is 0 Å². The molecule has 2 rings (SSSR count). The van der Waals surface area contributed by atoms with Crippen LogP contribution in [0.15, 0.2) is 42.0 Å². The largest absolute Gasteiger partial charge is 0.383 e. The van der Waals surface area contributed by atoms with Gasteiger partial charge in [0, 0.05) is 44.8 Å². The Kier molecular flexibility index (Phi) is 13.9. The molecule has 1 saturated heterocycles. The van der Waals surface area contributed by atoms with Gasteiger partial charge in [0.1, 0.15) is 0 Å². The van der Waals surface area contributed by atoms with Crippen molar-refractivity contribution in [2.24, 2.45) is 11.3 Å². The van der Waals surface area contributed by atoms with Gasteiger partial charge >= 0.3 is 0 Å². The Morgan fingerprint density at radius 3 is 2.00 bits per heavy atom. The molecule has 1 aromatic carbocycles. The fourth-order valence-corrected chi connectivity index (χ4v) is 6.42. The van der Waals surface area contributed by atoms with Crippen molar-refractivity contribution < 1.29 is 19.1 Å². The number of hydrogen-bond donors (Lipinski definition) is 2. The molecule has 8 nitrogen and oxygen atoms in total. The average molecular weight is 601 g/mol. The highest BCUT2D eigenvalue weighted by Gasteiger charge is 2.40. The Morgan fingerprint density at radius 1 is 1.02 bits per heavy atom. The molecular formula is C35H60N4O4. The molecular weight excluding hydrogens is 540 g/mol. The van der Waals surface area contributed by atoms with Crippen LogP contribution in [0.3, 0.4) is 0 Å². The number of likely N-dealkylation sites (tertiary alicyclic amines) is 1. The molecule has 244 valence electrons. The fraction of sp³-hybridized carbons (Fsp3) is 0.714. The van der Waals surface area contributed by atoms with Crippen LogP contribution in [0.25, 0.3) is 0 Å². The molecule has 0 aliphatic carbocycles. The third-order valence-electron chi connectivity index (χ3n) is 9.18. The van der Waals surface area contributed by atoms with Gasteiger partial charge in [0.05, 0.1) is 37.4 Å². The van der Waals surface area contributed by atoms with Crippen molar-refractivity contribution in [1.82, 2.24) is 20.4 Å². The summed E-state index contributed by atoms with van der Waals surface area (Å²) in [5, 5.41) is 7.13. The Labute approximate surface area is 261 Å². The second-order valence-corrected chi connectivity index (χ2v) is 14.2. The first kappa shape index (κ1) is 36.9. The van der Waals surface area contributed by atoms with E-state index in [1.54, 1.807) is 14.2 Å². The van der Waals surface area contributed by atoms with Crippen LogP contribution in [0.5, 0.6) is 0 Å². The van der Waals surface area contributed by atoms with Gasteiger partial charge in [-0.1, -0.05) is 84.9 Å². The molecule has 2 amide bonds. The van der Waals surface area contributed by atoms with E-state index in [-0.39, 0.29) is 52.7 Å². The minimum absolute atomic E-state index is 0.0152. The zero-order valence-corrected chi connectivity index (χ0v) is 29.0.